The number of benzene rings is 2. The molecule has 1 unspecified atom stereocenters. The Kier molecular flexibility index (Phi) is 4.50. The molecule has 0 aromatic heterocycles. The lowest BCUT2D eigenvalue weighted by atomic mass is 10.1. The fourth-order valence-electron chi connectivity index (χ4n) is 2.01. The molecule has 0 saturated carbocycles. The number of carboxylic acids is 1. The number of halogens is 2. The molecule has 2 N–H and O–H groups in total. The van der Waals surface area contributed by atoms with E-state index in [-0.39, 0.29) is 11.6 Å². The van der Waals surface area contributed by atoms with Gasteiger partial charge in [-0.2, -0.15) is 0 Å². The number of rotatable bonds is 4. The van der Waals surface area contributed by atoms with Crippen LogP contribution >= 0.6 is 0 Å². The van der Waals surface area contributed by atoms with E-state index >= 15 is 0 Å². The molecule has 0 saturated heterocycles. The molecule has 0 fully saturated rings. The van der Waals surface area contributed by atoms with Gasteiger partial charge in [0.1, 0.15) is 17.2 Å². The lowest BCUT2D eigenvalue weighted by Crippen LogP contribution is -2.27. The van der Waals surface area contributed by atoms with Crippen molar-refractivity contribution in [2.45, 2.75) is 13.0 Å². The third-order valence-corrected chi connectivity index (χ3v) is 3.17. The summed E-state index contributed by atoms with van der Waals surface area (Å²) in [6.07, 6.45) is 0. The number of hydrogen-bond acceptors (Lipinski definition) is 2. The van der Waals surface area contributed by atoms with Crippen molar-refractivity contribution in [1.29, 1.82) is 0 Å². The van der Waals surface area contributed by atoms with Crippen LogP contribution in [-0.2, 0) is 0 Å². The van der Waals surface area contributed by atoms with Crippen molar-refractivity contribution < 1.29 is 23.5 Å². The van der Waals surface area contributed by atoms with Crippen LogP contribution in [-0.4, -0.2) is 17.0 Å². The monoisotopic (exact) mass is 305 g/mol. The molecule has 1 atom stereocenters. The van der Waals surface area contributed by atoms with Crippen LogP contribution in [0.1, 0.15) is 39.2 Å². The average Bonchev–Trinajstić information content (AvgIpc) is 2.46. The van der Waals surface area contributed by atoms with E-state index in [0.29, 0.717) is 12.1 Å². The number of carbonyl (C=O) groups excluding carboxylic acids is 1. The maximum Gasteiger partial charge on any atom is 0.341 e. The normalized spacial score (nSPS) is 11.8. The number of nitrogens with one attached hydrogen (secondary N) is 1. The summed E-state index contributed by atoms with van der Waals surface area (Å²) in [5.74, 6) is -4.99. The van der Waals surface area contributed by atoms with Gasteiger partial charge in [0.2, 0.25) is 0 Å². The van der Waals surface area contributed by atoms with E-state index in [1.807, 2.05) is 6.07 Å². The van der Waals surface area contributed by atoms with Crippen LogP contribution < -0.4 is 5.32 Å². The third kappa shape index (κ3) is 3.28. The maximum atomic E-state index is 13.6. The first-order valence-corrected chi connectivity index (χ1v) is 6.48. The molecule has 0 spiro atoms. The van der Waals surface area contributed by atoms with Crippen molar-refractivity contribution in [3.05, 3.63) is 70.8 Å². The molecule has 0 heterocycles. The van der Waals surface area contributed by atoms with Gasteiger partial charge in [-0.15, -0.1) is 0 Å². The average molecular weight is 305 g/mol. The van der Waals surface area contributed by atoms with Gasteiger partial charge in [-0.05, 0) is 24.6 Å². The Hall–Kier alpha value is -2.76. The summed E-state index contributed by atoms with van der Waals surface area (Å²) in [5.41, 5.74) is -0.519. The van der Waals surface area contributed by atoms with Crippen LogP contribution in [0.5, 0.6) is 0 Å². The fourth-order valence-corrected chi connectivity index (χ4v) is 2.01. The second-order valence-corrected chi connectivity index (χ2v) is 4.73. The minimum absolute atomic E-state index is 0.275. The Balaban J connectivity index is 2.22. The minimum atomic E-state index is -1.72. The van der Waals surface area contributed by atoms with Crippen LogP contribution in [0.25, 0.3) is 0 Å². The summed E-state index contributed by atoms with van der Waals surface area (Å²) < 4.78 is 27.2. The highest BCUT2D eigenvalue weighted by Crippen LogP contribution is 2.17. The van der Waals surface area contributed by atoms with E-state index in [1.54, 1.807) is 31.2 Å². The SMILES string of the molecule is CC(NC(=O)c1cc(F)c(C(=O)O)c(F)c1)c1ccccc1. The van der Waals surface area contributed by atoms with Gasteiger partial charge in [-0.1, -0.05) is 30.3 Å². The topological polar surface area (TPSA) is 66.4 Å². The van der Waals surface area contributed by atoms with Crippen molar-refractivity contribution >= 4 is 11.9 Å². The number of hydrogen-bond donors (Lipinski definition) is 2. The molecule has 4 nitrogen and oxygen atoms in total. The Bertz CT molecular complexity index is 694. The van der Waals surface area contributed by atoms with Gasteiger partial charge in [0.05, 0.1) is 6.04 Å². The van der Waals surface area contributed by atoms with Crippen molar-refractivity contribution in [1.82, 2.24) is 5.32 Å². The van der Waals surface area contributed by atoms with E-state index < -0.39 is 29.1 Å². The molecule has 2 aromatic rings. The smallest absolute Gasteiger partial charge is 0.341 e. The number of amides is 1. The lowest BCUT2D eigenvalue weighted by molar-refractivity contribution is 0.0685. The fraction of sp³-hybridized carbons (Fsp3) is 0.125. The quantitative estimate of drug-likeness (QED) is 0.912. The van der Waals surface area contributed by atoms with Crippen LogP contribution in [0.3, 0.4) is 0 Å². The molecule has 0 radical (unpaired) electrons. The third-order valence-electron chi connectivity index (χ3n) is 3.17. The standard InChI is InChI=1S/C16H13F2NO3/c1-9(10-5-3-2-4-6-10)19-15(20)11-7-12(17)14(16(21)22)13(18)8-11/h2-9H,1H3,(H,19,20)(H,21,22). The molecule has 0 aliphatic heterocycles. The zero-order valence-corrected chi connectivity index (χ0v) is 11.6. The van der Waals surface area contributed by atoms with Gasteiger partial charge >= 0.3 is 5.97 Å². The summed E-state index contributed by atoms with van der Waals surface area (Å²) in [4.78, 5) is 22.7. The van der Waals surface area contributed by atoms with Crippen LogP contribution in [0.15, 0.2) is 42.5 Å². The molecule has 2 aromatic carbocycles. The van der Waals surface area contributed by atoms with Crippen molar-refractivity contribution in [2.75, 3.05) is 0 Å². The molecular weight excluding hydrogens is 292 g/mol. The van der Waals surface area contributed by atoms with Crippen molar-refractivity contribution in [2.24, 2.45) is 0 Å². The van der Waals surface area contributed by atoms with Gasteiger partial charge in [0.15, 0.2) is 0 Å². The summed E-state index contributed by atoms with van der Waals surface area (Å²) in [7, 11) is 0. The van der Waals surface area contributed by atoms with Gasteiger partial charge in [-0.3, -0.25) is 4.79 Å². The number of aromatic carboxylic acids is 1. The van der Waals surface area contributed by atoms with Gasteiger partial charge in [0.25, 0.3) is 5.91 Å². The Morgan fingerprint density at radius 2 is 1.64 bits per heavy atom. The summed E-state index contributed by atoms with van der Waals surface area (Å²) in [6.45, 7) is 1.73. The summed E-state index contributed by atoms with van der Waals surface area (Å²) >= 11 is 0. The van der Waals surface area contributed by atoms with E-state index in [1.165, 1.54) is 0 Å². The van der Waals surface area contributed by atoms with Crippen LogP contribution in [0.4, 0.5) is 8.78 Å². The van der Waals surface area contributed by atoms with Crippen LogP contribution in [0.2, 0.25) is 0 Å². The van der Waals surface area contributed by atoms with E-state index in [9.17, 15) is 18.4 Å². The highest BCUT2D eigenvalue weighted by Gasteiger charge is 2.20. The van der Waals surface area contributed by atoms with E-state index in [4.69, 9.17) is 5.11 Å². The predicted molar refractivity (Wildman–Crippen MR) is 75.6 cm³/mol. The molecule has 0 bridgehead atoms. The molecule has 0 aliphatic carbocycles. The highest BCUT2D eigenvalue weighted by atomic mass is 19.1. The number of carbonyl (C=O) groups is 2. The van der Waals surface area contributed by atoms with E-state index in [2.05, 4.69) is 5.32 Å². The minimum Gasteiger partial charge on any atom is -0.477 e. The largest absolute Gasteiger partial charge is 0.477 e. The van der Waals surface area contributed by atoms with E-state index in [0.717, 1.165) is 5.56 Å². The molecule has 22 heavy (non-hydrogen) atoms. The van der Waals surface area contributed by atoms with Crippen LogP contribution in [0, 0.1) is 11.6 Å². The highest BCUT2D eigenvalue weighted by molar-refractivity contribution is 5.96. The summed E-state index contributed by atoms with van der Waals surface area (Å²) in [6, 6.07) is 10.1. The first-order valence-electron chi connectivity index (χ1n) is 6.48. The predicted octanol–water partition coefficient (Wildman–Crippen LogP) is 3.15. The van der Waals surface area contributed by atoms with Gasteiger partial charge < -0.3 is 10.4 Å². The van der Waals surface area contributed by atoms with Gasteiger partial charge in [-0.25, -0.2) is 13.6 Å². The van der Waals surface area contributed by atoms with Gasteiger partial charge in [0, 0.05) is 5.56 Å². The second kappa shape index (κ2) is 6.34. The Labute approximate surface area is 125 Å². The molecule has 2 rings (SSSR count). The first kappa shape index (κ1) is 15.6. The Morgan fingerprint density at radius 3 is 2.14 bits per heavy atom. The first-order chi connectivity index (χ1) is 10.4. The zero-order chi connectivity index (χ0) is 16.3. The van der Waals surface area contributed by atoms with Crippen molar-refractivity contribution in [3.63, 3.8) is 0 Å². The number of carboxylic acid groups (broad SMARTS) is 1. The van der Waals surface area contributed by atoms with Crippen molar-refractivity contribution in [3.8, 4) is 0 Å². The summed E-state index contributed by atoms with van der Waals surface area (Å²) in [5, 5.41) is 11.3. The molecule has 114 valence electrons. The molecule has 6 heteroatoms. The lowest BCUT2D eigenvalue weighted by Gasteiger charge is -2.14. The Morgan fingerprint density at radius 1 is 1.09 bits per heavy atom. The zero-order valence-electron chi connectivity index (χ0n) is 11.6. The molecule has 1 amide bonds. The maximum absolute atomic E-state index is 13.6. The second-order valence-electron chi connectivity index (χ2n) is 4.73. The molecule has 0 aliphatic rings. The molecular formula is C16H13F2NO3.